The molecule has 1 aromatic heterocycles. The molecule has 4 rings (SSSR count). The van der Waals surface area contributed by atoms with E-state index in [0.717, 1.165) is 30.6 Å². The quantitative estimate of drug-likeness (QED) is 0.527. The van der Waals surface area contributed by atoms with E-state index in [0.29, 0.717) is 12.1 Å². The maximum absolute atomic E-state index is 12.3. The van der Waals surface area contributed by atoms with Crippen molar-refractivity contribution in [2.24, 2.45) is 0 Å². The highest BCUT2D eigenvalue weighted by Gasteiger charge is 2.23. The van der Waals surface area contributed by atoms with Crippen LogP contribution in [0.25, 0.3) is 0 Å². The van der Waals surface area contributed by atoms with E-state index in [4.69, 9.17) is 5.11 Å². The van der Waals surface area contributed by atoms with Gasteiger partial charge >= 0.3 is 5.97 Å². The molecule has 1 aliphatic rings. The Labute approximate surface area is 186 Å². The molecule has 1 heterocycles. The van der Waals surface area contributed by atoms with Crippen LogP contribution in [0.1, 0.15) is 58.5 Å². The molecular formula is C24H27N5O3. The number of carbonyl (C=O) groups excluding carboxylic acids is 1. The van der Waals surface area contributed by atoms with Gasteiger partial charge in [-0.05, 0) is 62.4 Å². The van der Waals surface area contributed by atoms with Crippen molar-refractivity contribution in [1.29, 1.82) is 0 Å². The number of aromatic nitrogens is 3. The number of hydrogen-bond donors (Lipinski definition) is 3. The fourth-order valence-electron chi connectivity index (χ4n) is 4.02. The van der Waals surface area contributed by atoms with Crippen molar-refractivity contribution < 1.29 is 14.7 Å². The first-order valence-corrected chi connectivity index (χ1v) is 10.8. The van der Waals surface area contributed by atoms with Crippen molar-refractivity contribution in [3.8, 4) is 0 Å². The number of aliphatic carboxylic acids is 1. The van der Waals surface area contributed by atoms with Gasteiger partial charge in [0, 0.05) is 11.3 Å². The van der Waals surface area contributed by atoms with Crippen LogP contribution in [0.2, 0.25) is 0 Å². The van der Waals surface area contributed by atoms with Crippen LogP contribution in [0.3, 0.4) is 0 Å². The van der Waals surface area contributed by atoms with Crippen LogP contribution in [0.5, 0.6) is 0 Å². The van der Waals surface area contributed by atoms with Crippen LogP contribution in [0, 0.1) is 6.92 Å². The van der Waals surface area contributed by atoms with Crippen molar-refractivity contribution in [3.05, 3.63) is 76.6 Å². The SMILES string of the molecule is Cc1ccc2c(c1)C(n1cc(CNc3cccc(C(=O)NC(C)C(=O)O)c3)nn1)CCC2. The third-order valence-corrected chi connectivity index (χ3v) is 5.78. The second-order valence-corrected chi connectivity index (χ2v) is 8.27. The summed E-state index contributed by atoms with van der Waals surface area (Å²) in [5.41, 5.74) is 5.90. The Hall–Kier alpha value is -3.68. The maximum Gasteiger partial charge on any atom is 0.325 e. The van der Waals surface area contributed by atoms with Crippen molar-refractivity contribution >= 4 is 17.6 Å². The van der Waals surface area contributed by atoms with Gasteiger partial charge in [0.1, 0.15) is 11.7 Å². The van der Waals surface area contributed by atoms with Crippen molar-refractivity contribution in [2.45, 2.75) is 51.7 Å². The number of fused-ring (bicyclic) bond motifs is 1. The first kappa shape index (κ1) is 21.5. The molecule has 2 atom stereocenters. The number of rotatable bonds is 7. The minimum Gasteiger partial charge on any atom is -0.480 e. The lowest BCUT2D eigenvalue weighted by Crippen LogP contribution is -2.38. The molecule has 0 aliphatic heterocycles. The number of anilines is 1. The Morgan fingerprint density at radius 3 is 2.91 bits per heavy atom. The standard InChI is InChI=1S/C24H27N5O3/c1-15-9-10-17-5-4-8-22(21(17)11-15)29-14-20(27-28-29)13-25-19-7-3-6-18(12-19)23(30)26-16(2)24(31)32/h3,6-7,9-12,14,16,22,25H,4-5,8,13H2,1-2H3,(H,26,30)(H,31,32). The summed E-state index contributed by atoms with van der Waals surface area (Å²) >= 11 is 0. The van der Waals surface area contributed by atoms with Gasteiger partial charge in [-0.15, -0.1) is 5.10 Å². The number of nitrogens with zero attached hydrogens (tertiary/aromatic N) is 3. The molecule has 8 nitrogen and oxygen atoms in total. The van der Waals surface area contributed by atoms with Gasteiger partial charge in [-0.2, -0.15) is 0 Å². The molecule has 0 saturated carbocycles. The summed E-state index contributed by atoms with van der Waals surface area (Å²) in [6.07, 6.45) is 5.24. The van der Waals surface area contributed by atoms with E-state index in [2.05, 4.69) is 46.1 Å². The lowest BCUT2D eigenvalue weighted by atomic mass is 9.87. The number of amides is 1. The number of carboxylic acids is 1. The molecule has 0 spiro atoms. The largest absolute Gasteiger partial charge is 0.480 e. The lowest BCUT2D eigenvalue weighted by Gasteiger charge is -2.25. The zero-order valence-corrected chi connectivity index (χ0v) is 18.2. The third kappa shape index (κ3) is 4.80. The maximum atomic E-state index is 12.3. The highest BCUT2D eigenvalue weighted by atomic mass is 16.4. The Kier molecular flexibility index (Phi) is 6.20. The molecule has 0 fully saturated rings. The molecule has 3 N–H and O–H groups in total. The monoisotopic (exact) mass is 433 g/mol. The average Bonchev–Trinajstić information content (AvgIpc) is 3.26. The van der Waals surface area contributed by atoms with Crippen LogP contribution in [0.15, 0.2) is 48.7 Å². The van der Waals surface area contributed by atoms with Gasteiger partial charge < -0.3 is 15.7 Å². The summed E-state index contributed by atoms with van der Waals surface area (Å²) in [5.74, 6) is -1.51. The Morgan fingerprint density at radius 1 is 1.25 bits per heavy atom. The minimum atomic E-state index is -1.08. The zero-order valence-electron chi connectivity index (χ0n) is 18.2. The lowest BCUT2D eigenvalue weighted by molar-refractivity contribution is -0.138. The molecule has 2 unspecified atom stereocenters. The van der Waals surface area contributed by atoms with Gasteiger partial charge in [0.25, 0.3) is 5.91 Å². The second-order valence-electron chi connectivity index (χ2n) is 8.27. The number of carboxylic acid groups (broad SMARTS) is 1. The first-order valence-electron chi connectivity index (χ1n) is 10.8. The van der Waals surface area contributed by atoms with E-state index in [9.17, 15) is 9.59 Å². The highest BCUT2D eigenvalue weighted by molar-refractivity contribution is 5.97. The number of hydrogen-bond acceptors (Lipinski definition) is 5. The summed E-state index contributed by atoms with van der Waals surface area (Å²) < 4.78 is 1.95. The van der Waals surface area contributed by atoms with Crippen molar-refractivity contribution in [2.75, 3.05) is 5.32 Å². The average molecular weight is 434 g/mol. The molecule has 0 bridgehead atoms. The van der Waals surface area contributed by atoms with E-state index < -0.39 is 17.9 Å². The fraction of sp³-hybridized carbons (Fsp3) is 0.333. The Balaban J connectivity index is 1.42. The Morgan fingerprint density at radius 2 is 2.09 bits per heavy atom. The Bertz CT molecular complexity index is 1140. The van der Waals surface area contributed by atoms with Gasteiger partial charge in [-0.1, -0.05) is 35.0 Å². The van der Waals surface area contributed by atoms with Gasteiger partial charge in [0.15, 0.2) is 0 Å². The van der Waals surface area contributed by atoms with Crippen molar-refractivity contribution in [1.82, 2.24) is 20.3 Å². The molecule has 166 valence electrons. The highest BCUT2D eigenvalue weighted by Crippen LogP contribution is 2.33. The van der Waals surface area contributed by atoms with E-state index in [-0.39, 0.29) is 6.04 Å². The van der Waals surface area contributed by atoms with Gasteiger partial charge in [0.05, 0.1) is 18.8 Å². The molecular weight excluding hydrogens is 406 g/mol. The molecule has 32 heavy (non-hydrogen) atoms. The van der Waals surface area contributed by atoms with Gasteiger partial charge in [-0.25, -0.2) is 4.68 Å². The number of nitrogens with one attached hydrogen (secondary N) is 2. The summed E-state index contributed by atoms with van der Waals surface area (Å²) in [5, 5.41) is 23.4. The number of aryl methyl sites for hydroxylation is 2. The third-order valence-electron chi connectivity index (χ3n) is 5.78. The molecule has 1 aliphatic carbocycles. The summed E-state index contributed by atoms with van der Waals surface area (Å²) in [6.45, 7) is 4.00. The summed E-state index contributed by atoms with van der Waals surface area (Å²) in [4.78, 5) is 23.2. The van der Waals surface area contributed by atoms with Crippen LogP contribution >= 0.6 is 0 Å². The number of carbonyl (C=O) groups is 2. The van der Waals surface area contributed by atoms with Crippen molar-refractivity contribution in [3.63, 3.8) is 0 Å². The van der Waals surface area contributed by atoms with E-state index in [1.54, 1.807) is 18.2 Å². The topological polar surface area (TPSA) is 109 Å². The van der Waals surface area contributed by atoms with E-state index >= 15 is 0 Å². The molecule has 3 aromatic rings. The van der Waals surface area contributed by atoms with Crippen LogP contribution in [0.4, 0.5) is 5.69 Å². The number of benzene rings is 2. The van der Waals surface area contributed by atoms with Crippen LogP contribution in [-0.2, 0) is 17.8 Å². The van der Waals surface area contributed by atoms with E-state index in [1.165, 1.54) is 23.6 Å². The molecule has 0 saturated heterocycles. The molecule has 1 amide bonds. The van der Waals surface area contributed by atoms with Gasteiger partial charge in [-0.3, -0.25) is 9.59 Å². The minimum absolute atomic E-state index is 0.197. The van der Waals surface area contributed by atoms with Gasteiger partial charge in [0.2, 0.25) is 0 Å². The summed E-state index contributed by atoms with van der Waals surface area (Å²) in [6, 6.07) is 12.8. The van der Waals surface area contributed by atoms with Crippen LogP contribution < -0.4 is 10.6 Å². The zero-order chi connectivity index (χ0) is 22.7. The predicted octanol–water partition coefficient (Wildman–Crippen LogP) is 3.33. The molecule has 0 radical (unpaired) electrons. The fourth-order valence-corrected chi connectivity index (χ4v) is 4.02. The smallest absolute Gasteiger partial charge is 0.325 e. The second kappa shape index (κ2) is 9.21. The molecule has 8 heteroatoms. The first-order chi connectivity index (χ1) is 15.4. The predicted molar refractivity (Wildman–Crippen MR) is 121 cm³/mol. The summed E-state index contributed by atoms with van der Waals surface area (Å²) in [7, 11) is 0. The molecule has 2 aromatic carbocycles. The normalized spacial score (nSPS) is 16.1. The van der Waals surface area contributed by atoms with E-state index in [1.807, 2.05) is 16.9 Å². The van der Waals surface area contributed by atoms with Crippen LogP contribution in [-0.4, -0.2) is 38.0 Å².